The topological polar surface area (TPSA) is 102 Å². The third kappa shape index (κ3) is 2.69. The minimum absolute atomic E-state index is 0.154. The van der Waals surface area contributed by atoms with Crippen molar-refractivity contribution in [3.05, 3.63) is 52.4 Å². The second-order valence-electron chi connectivity index (χ2n) is 7.51. The molecule has 1 aromatic carbocycles. The normalized spacial score (nSPS) is 23.6. The van der Waals surface area contributed by atoms with Crippen LogP contribution < -0.4 is 5.73 Å². The van der Waals surface area contributed by atoms with Gasteiger partial charge in [-0.1, -0.05) is 29.4 Å². The molecule has 1 saturated heterocycles. The van der Waals surface area contributed by atoms with Gasteiger partial charge in [-0.15, -0.1) is 0 Å². The van der Waals surface area contributed by atoms with E-state index in [1.807, 2.05) is 18.2 Å². The maximum atomic E-state index is 13.0. The molecule has 27 heavy (non-hydrogen) atoms. The van der Waals surface area contributed by atoms with Crippen LogP contribution in [-0.2, 0) is 16.8 Å². The summed E-state index contributed by atoms with van der Waals surface area (Å²) in [5.41, 5.74) is 9.02. The van der Waals surface area contributed by atoms with E-state index >= 15 is 0 Å². The fourth-order valence-corrected chi connectivity index (χ4v) is 4.61. The van der Waals surface area contributed by atoms with Crippen molar-refractivity contribution in [2.75, 3.05) is 20.2 Å². The van der Waals surface area contributed by atoms with E-state index in [2.05, 4.69) is 11.2 Å². The van der Waals surface area contributed by atoms with Crippen molar-refractivity contribution in [1.82, 2.24) is 10.1 Å². The molecule has 4 rings (SSSR count). The minimum atomic E-state index is -0.634. The monoisotopic (exact) mass is 371 g/mol. The first kappa shape index (κ1) is 18.2. The van der Waals surface area contributed by atoms with Gasteiger partial charge >= 0.3 is 0 Å². The zero-order valence-electron chi connectivity index (χ0n) is 15.6. The smallest absolute Gasteiger partial charge is 0.276 e. The van der Waals surface area contributed by atoms with E-state index in [4.69, 9.17) is 15.0 Å². The predicted octanol–water partition coefficient (Wildman–Crippen LogP) is 1.68. The summed E-state index contributed by atoms with van der Waals surface area (Å²) < 4.78 is 10.4. The molecule has 2 aromatic rings. The number of rotatable bonds is 3. The summed E-state index contributed by atoms with van der Waals surface area (Å²) in [5, 5.41) is 14.8. The number of aliphatic hydroxyl groups excluding tert-OH is 1. The minimum Gasteiger partial charge on any atom is -0.390 e. The number of hydrogen-bond donors (Lipinski definition) is 2. The number of fused-ring (bicyclic) bond motifs is 2. The van der Waals surface area contributed by atoms with E-state index in [1.165, 1.54) is 0 Å². The van der Waals surface area contributed by atoms with Crippen molar-refractivity contribution in [3.8, 4) is 0 Å². The van der Waals surface area contributed by atoms with Gasteiger partial charge < -0.3 is 25.0 Å². The molecule has 0 bridgehead atoms. The zero-order chi connectivity index (χ0) is 19.2. The first-order valence-corrected chi connectivity index (χ1v) is 9.26. The van der Waals surface area contributed by atoms with Crippen molar-refractivity contribution < 1.29 is 19.2 Å². The fraction of sp³-hybridized carbons (Fsp3) is 0.500. The standard InChI is InChI=1S/C20H25N3O4/c1-12-14(11-26-2)17(22-27-12)19(25)23-9-7-20(8-10-23)15-6-4-3-5-13(15)16(21)18(20)24/h3-6,16,18,24H,7-11,21H2,1-2H3/t16-,18+/m1/s1. The lowest BCUT2D eigenvalue weighted by Gasteiger charge is -2.42. The van der Waals surface area contributed by atoms with Gasteiger partial charge in [0, 0.05) is 25.6 Å². The summed E-state index contributed by atoms with van der Waals surface area (Å²) in [4.78, 5) is 14.7. The highest BCUT2D eigenvalue weighted by atomic mass is 16.5. The van der Waals surface area contributed by atoms with Crippen LogP contribution in [0.5, 0.6) is 0 Å². The summed E-state index contributed by atoms with van der Waals surface area (Å²) in [5.74, 6) is 0.443. The zero-order valence-corrected chi connectivity index (χ0v) is 15.6. The molecule has 1 aliphatic heterocycles. The highest BCUT2D eigenvalue weighted by Crippen LogP contribution is 2.50. The Balaban J connectivity index is 1.55. The van der Waals surface area contributed by atoms with Crippen molar-refractivity contribution in [1.29, 1.82) is 0 Å². The summed E-state index contributed by atoms with van der Waals surface area (Å²) in [6.45, 7) is 3.14. The molecular weight excluding hydrogens is 346 g/mol. The lowest BCUT2D eigenvalue weighted by Crippen LogP contribution is -2.50. The van der Waals surface area contributed by atoms with Crippen LogP contribution in [0, 0.1) is 6.92 Å². The molecule has 144 valence electrons. The van der Waals surface area contributed by atoms with Gasteiger partial charge in [-0.25, -0.2) is 0 Å². The van der Waals surface area contributed by atoms with Crippen LogP contribution in [0.25, 0.3) is 0 Å². The van der Waals surface area contributed by atoms with Gasteiger partial charge in [-0.2, -0.15) is 0 Å². The number of piperidine rings is 1. The van der Waals surface area contributed by atoms with Crippen molar-refractivity contribution in [2.24, 2.45) is 5.73 Å². The van der Waals surface area contributed by atoms with Crippen molar-refractivity contribution >= 4 is 5.91 Å². The number of amides is 1. The highest BCUT2D eigenvalue weighted by Gasteiger charge is 2.51. The van der Waals surface area contributed by atoms with Crippen LogP contribution in [0.1, 0.15) is 51.8 Å². The van der Waals surface area contributed by atoms with Crippen LogP contribution in [0.4, 0.5) is 0 Å². The molecule has 2 aliphatic rings. The Morgan fingerprint density at radius 1 is 1.41 bits per heavy atom. The van der Waals surface area contributed by atoms with Crippen LogP contribution in [0.15, 0.2) is 28.8 Å². The summed E-state index contributed by atoms with van der Waals surface area (Å²) in [6.07, 6.45) is 0.702. The number of likely N-dealkylation sites (tertiary alicyclic amines) is 1. The number of carbonyl (C=O) groups excluding carboxylic acids is 1. The summed E-state index contributed by atoms with van der Waals surface area (Å²) in [7, 11) is 1.58. The van der Waals surface area contributed by atoms with Crippen molar-refractivity contribution in [2.45, 2.75) is 43.9 Å². The average Bonchev–Trinajstić information content (AvgIpc) is 3.15. The van der Waals surface area contributed by atoms with Crippen LogP contribution in [0.3, 0.4) is 0 Å². The molecule has 7 nitrogen and oxygen atoms in total. The van der Waals surface area contributed by atoms with Crippen LogP contribution in [-0.4, -0.2) is 47.4 Å². The molecule has 1 spiro atoms. The van der Waals surface area contributed by atoms with Crippen molar-refractivity contribution in [3.63, 3.8) is 0 Å². The number of methoxy groups -OCH3 is 1. The number of nitrogens with zero attached hydrogens (tertiary/aromatic N) is 2. The van der Waals surface area contributed by atoms with Gasteiger partial charge in [0.15, 0.2) is 5.69 Å². The molecule has 3 N–H and O–H groups in total. The number of hydrogen-bond acceptors (Lipinski definition) is 6. The van der Waals surface area contributed by atoms with Crippen LogP contribution >= 0.6 is 0 Å². The third-order valence-corrected chi connectivity index (χ3v) is 6.18. The van der Waals surface area contributed by atoms with E-state index < -0.39 is 6.10 Å². The molecule has 1 fully saturated rings. The van der Waals surface area contributed by atoms with E-state index in [-0.39, 0.29) is 24.0 Å². The molecule has 7 heteroatoms. The fourth-order valence-electron chi connectivity index (χ4n) is 4.61. The molecule has 0 saturated carbocycles. The SMILES string of the molecule is COCc1c(C(=O)N2CCC3(CC2)c2ccccc2[C@@H](N)[C@@H]3O)noc1C. The van der Waals surface area contributed by atoms with Gasteiger partial charge in [-0.3, -0.25) is 4.79 Å². The highest BCUT2D eigenvalue weighted by molar-refractivity contribution is 5.93. The number of aryl methyl sites for hydroxylation is 1. The Morgan fingerprint density at radius 2 is 2.11 bits per heavy atom. The Bertz CT molecular complexity index is 855. The van der Waals surface area contributed by atoms with E-state index in [0.717, 1.165) is 11.1 Å². The summed E-state index contributed by atoms with van der Waals surface area (Å²) in [6, 6.07) is 7.60. The Labute approximate surface area is 158 Å². The molecule has 2 heterocycles. The largest absolute Gasteiger partial charge is 0.390 e. The third-order valence-electron chi connectivity index (χ3n) is 6.18. The molecule has 0 unspecified atom stereocenters. The second kappa shape index (κ2) is 6.74. The Hall–Kier alpha value is -2.22. The molecule has 1 aromatic heterocycles. The Morgan fingerprint density at radius 3 is 2.81 bits per heavy atom. The van der Waals surface area contributed by atoms with E-state index in [1.54, 1.807) is 18.9 Å². The van der Waals surface area contributed by atoms with Gasteiger partial charge in [-0.05, 0) is 30.9 Å². The van der Waals surface area contributed by atoms with Gasteiger partial charge in [0.1, 0.15) is 5.76 Å². The average molecular weight is 371 g/mol. The molecule has 0 radical (unpaired) electrons. The number of aliphatic hydroxyl groups is 1. The van der Waals surface area contributed by atoms with Gasteiger partial charge in [0.05, 0.1) is 24.3 Å². The molecule has 2 atom stereocenters. The van der Waals surface area contributed by atoms with Gasteiger partial charge in [0.2, 0.25) is 0 Å². The first-order chi connectivity index (χ1) is 13.0. The predicted molar refractivity (Wildman–Crippen MR) is 98.1 cm³/mol. The number of carbonyl (C=O) groups is 1. The quantitative estimate of drug-likeness (QED) is 0.851. The lowest BCUT2D eigenvalue weighted by atomic mass is 9.72. The van der Waals surface area contributed by atoms with E-state index in [0.29, 0.717) is 42.9 Å². The first-order valence-electron chi connectivity index (χ1n) is 9.26. The molecule has 1 amide bonds. The number of nitrogens with two attached hydrogens (primary N) is 1. The molecular formula is C20H25N3O4. The summed E-state index contributed by atoms with van der Waals surface area (Å²) >= 11 is 0. The van der Waals surface area contributed by atoms with Crippen LogP contribution in [0.2, 0.25) is 0 Å². The Kier molecular flexibility index (Phi) is 4.53. The number of ether oxygens (including phenoxy) is 1. The van der Waals surface area contributed by atoms with E-state index in [9.17, 15) is 9.90 Å². The van der Waals surface area contributed by atoms with Gasteiger partial charge in [0.25, 0.3) is 5.91 Å². The second-order valence-corrected chi connectivity index (χ2v) is 7.51. The molecule has 1 aliphatic carbocycles. The number of aromatic nitrogens is 1. The number of benzene rings is 1. The lowest BCUT2D eigenvalue weighted by molar-refractivity contribution is 0.0257. The maximum absolute atomic E-state index is 13.0. The maximum Gasteiger partial charge on any atom is 0.276 e.